The molecule has 0 aliphatic carbocycles. The maximum Gasteiger partial charge on any atom is 0.289 e. The second kappa shape index (κ2) is 9.41. The number of hydrogen-bond donors (Lipinski definition) is 2. The lowest BCUT2D eigenvalue weighted by atomic mass is 10.1. The zero-order chi connectivity index (χ0) is 20.6. The standard InChI is InChI=1S/C21H22N4O4/c1-4-29-16-8-5-14(6-9-16)18-12-19(24-23-18)21(26)25-22-13-15-7-10-17(27-2)11-20(15)28-3/h5-13H,4H2,1-3H3,(H,23,24)(H,25,26). The number of rotatable bonds is 8. The van der Waals surface area contributed by atoms with Crippen LogP contribution in [0, 0.1) is 0 Å². The van der Waals surface area contributed by atoms with Crippen molar-refractivity contribution in [2.45, 2.75) is 6.92 Å². The second-order valence-corrected chi connectivity index (χ2v) is 5.93. The summed E-state index contributed by atoms with van der Waals surface area (Å²) in [6.07, 6.45) is 1.50. The monoisotopic (exact) mass is 394 g/mol. The number of carbonyl (C=O) groups is 1. The van der Waals surface area contributed by atoms with Crippen molar-refractivity contribution in [1.82, 2.24) is 15.6 Å². The van der Waals surface area contributed by atoms with Crippen LogP contribution in [0.2, 0.25) is 0 Å². The Balaban J connectivity index is 1.65. The first-order valence-electron chi connectivity index (χ1n) is 8.98. The van der Waals surface area contributed by atoms with Gasteiger partial charge in [0.15, 0.2) is 0 Å². The smallest absolute Gasteiger partial charge is 0.289 e. The molecule has 0 unspecified atom stereocenters. The molecule has 150 valence electrons. The van der Waals surface area contributed by atoms with Crippen molar-refractivity contribution in [3.63, 3.8) is 0 Å². The first-order valence-corrected chi connectivity index (χ1v) is 8.98. The van der Waals surface area contributed by atoms with Gasteiger partial charge in [0, 0.05) is 17.2 Å². The van der Waals surface area contributed by atoms with Gasteiger partial charge in [0.25, 0.3) is 5.91 Å². The van der Waals surface area contributed by atoms with Gasteiger partial charge in [0.2, 0.25) is 0 Å². The summed E-state index contributed by atoms with van der Waals surface area (Å²) in [5, 5.41) is 10.9. The number of nitrogens with one attached hydrogen (secondary N) is 2. The lowest BCUT2D eigenvalue weighted by Crippen LogP contribution is -2.18. The molecule has 0 fully saturated rings. The second-order valence-electron chi connectivity index (χ2n) is 5.93. The van der Waals surface area contributed by atoms with E-state index in [0.29, 0.717) is 35.1 Å². The Kier molecular flexibility index (Phi) is 6.47. The summed E-state index contributed by atoms with van der Waals surface area (Å²) in [5.74, 6) is 1.63. The number of hydrogen-bond acceptors (Lipinski definition) is 6. The fourth-order valence-electron chi connectivity index (χ4n) is 2.62. The van der Waals surface area contributed by atoms with Crippen LogP contribution in [0.4, 0.5) is 0 Å². The first-order chi connectivity index (χ1) is 14.1. The summed E-state index contributed by atoms with van der Waals surface area (Å²) in [5.41, 5.74) is 4.99. The van der Waals surface area contributed by atoms with Crippen molar-refractivity contribution < 1.29 is 19.0 Å². The Labute approximate surface area is 168 Å². The molecule has 1 heterocycles. The van der Waals surface area contributed by atoms with Gasteiger partial charge in [-0.2, -0.15) is 10.2 Å². The molecule has 0 saturated carbocycles. The lowest BCUT2D eigenvalue weighted by molar-refractivity contribution is 0.0950. The highest BCUT2D eigenvalue weighted by atomic mass is 16.5. The normalized spacial score (nSPS) is 10.7. The zero-order valence-corrected chi connectivity index (χ0v) is 16.4. The van der Waals surface area contributed by atoms with Crippen molar-refractivity contribution in [2.24, 2.45) is 5.10 Å². The van der Waals surface area contributed by atoms with E-state index < -0.39 is 5.91 Å². The predicted octanol–water partition coefficient (Wildman–Crippen LogP) is 3.26. The van der Waals surface area contributed by atoms with Gasteiger partial charge in [-0.25, -0.2) is 5.43 Å². The third-order valence-electron chi connectivity index (χ3n) is 4.09. The van der Waals surface area contributed by atoms with Gasteiger partial charge in [0.05, 0.1) is 32.7 Å². The summed E-state index contributed by atoms with van der Waals surface area (Å²) in [6.45, 7) is 2.54. The van der Waals surface area contributed by atoms with E-state index in [1.165, 1.54) is 6.21 Å². The fraction of sp³-hybridized carbons (Fsp3) is 0.190. The van der Waals surface area contributed by atoms with Crippen molar-refractivity contribution in [3.05, 3.63) is 59.8 Å². The van der Waals surface area contributed by atoms with E-state index >= 15 is 0 Å². The molecular formula is C21H22N4O4. The van der Waals surface area contributed by atoms with Gasteiger partial charge in [-0.15, -0.1) is 0 Å². The van der Waals surface area contributed by atoms with E-state index in [1.807, 2.05) is 31.2 Å². The van der Waals surface area contributed by atoms with Crippen molar-refractivity contribution in [2.75, 3.05) is 20.8 Å². The van der Waals surface area contributed by atoms with Crippen LogP contribution in [0.3, 0.4) is 0 Å². The molecule has 0 radical (unpaired) electrons. The molecule has 0 bridgehead atoms. The van der Waals surface area contributed by atoms with Crippen LogP contribution in [0.25, 0.3) is 11.3 Å². The number of amides is 1. The Bertz CT molecular complexity index is 996. The number of methoxy groups -OCH3 is 2. The van der Waals surface area contributed by atoms with Crippen LogP contribution in [0.15, 0.2) is 53.6 Å². The van der Waals surface area contributed by atoms with Crippen LogP contribution in [-0.4, -0.2) is 43.1 Å². The minimum atomic E-state index is -0.404. The molecule has 0 spiro atoms. The SMILES string of the molecule is CCOc1ccc(-c2cc(C(=O)NN=Cc3ccc(OC)cc3OC)[nH]n2)cc1. The molecule has 2 aromatic carbocycles. The molecule has 3 aromatic rings. The molecule has 1 amide bonds. The number of H-pyrrole nitrogens is 1. The van der Waals surface area contributed by atoms with Crippen molar-refractivity contribution in [3.8, 4) is 28.5 Å². The molecule has 0 aliphatic rings. The van der Waals surface area contributed by atoms with Crippen LogP contribution in [-0.2, 0) is 0 Å². The summed E-state index contributed by atoms with van der Waals surface area (Å²) in [7, 11) is 3.13. The number of benzene rings is 2. The minimum Gasteiger partial charge on any atom is -0.497 e. The zero-order valence-electron chi connectivity index (χ0n) is 16.4. The van der Waals surface area contributed by atoms with Gasteiger partial charge in [-0.05, 0) is 49.4 Å². The molecular weight excluding hydrogens is 372 g/mol. The Hall–Kier alpha value is -3.81. The first kappa shape index (κ1) is 19.9. The van der Waals surface area contributed by atoms with Gasteiger partial charge in [0.1, 0.15) is 22.9 Å². The number of ether oxygens (including phenoxy) is 3. The number of nitrogens with zero attached hydrogens (tertiary/aromatic N) is 2. The van der Waals surface area contributed by atoms with Gasteiger partial charge in [-0.1, -0.05) is 0 Å². The van der Waals surface area contributed by atoms with E-state index in [4.69, 9.17) is 14.2 Å². The lowest BCUT2D eigenvalue weighted by Gasteiger charge is -2.06. The van der Waals surface area contributed by atoms with Crippen molar-refractivity contribution in [1.29, 1.82) is 0 Å². The molecule has 29 heavy (non-hydrogen) atoms. The van der Waals surface area contributed by atoms with Gasteiger partial charge < -0.3 is 14.2 Å². The average Bonchev–Trinajstić information content (AvgIpc) is 3.25. The fourth-order valence-corrected chi connectivity index (χ4v) is 2.62. The van der Waals surface area contributed by atoms with E-state index in [0.717, 1.165) is 11.3 Å². The highest BCUT2D eigenvalue weighted by molar-refractivity contribution is 5.94. The largest absolute Gasteiger partial charge is 0.497 e. The molecule has 0 saturated heterocycles. The van der Waals surface area contributed by atoms with Crippen LogP contribution in [0.5, 0.6) is 17.2 Å². The number of aromatic amines is 1. The topological polar surface area (TPSA) is 97.8 Å². The molecule has 0 aliphatic heterocycles. The third kappa shape index (κ3) is 4.92. The highest BCUT2D eigenvalue weighted by Gasteiger charge is 2.11. The Morgan fingerprint density at radius 3 is 2.55 bits per heavy atom. The summed E-state index contributed by atoms with van der Waals surface area (Å²) >= 11 is 0. The third-order valence-corrected chi connectivity index (χ3v) is 4.09. The minimum absolute atomic E-state index is 0.299. The molecule has 8 nitrogen and oxygen atoms in total. The summed E-state index contributed by atoms with van der Waals surface area (Å²) < 4.78 is 15.9. The molecule has 2 N–H and O–H groups in total. The van der Waals surface area contributed by atoms with Crippen LogP contribution >= 0.6 is 0 Å². The van der Waals surface area contributed by atoms with E-state index in [2.05, 4.69) is 20.7 Å². The highest BCUT2D eigenvalue weighted by Crippen LogP contribution is 2.23. The average molecular weight is 394 g/mol. The number of aromatic nitrogens is 2. The number of hydrazone groups is 1. The molecule has 0 atom stereocenters. The Morgan fingerprint density at radius 1 is 1.10 bits per heavy atom. The predicted molar refractivity (Wildman–Crippen MR) is 110 cm³/mol. The molecule has 1 aromatic heterocycles. The van der Waals surface area contributed by atoms with Gasteiger partial charge in [-0.3, -0.25) is 9.89 Å². The molecule has 3 rings (SSSR count). The number of carbonyl (C=O) groups excluding carboxylic acids is 1. The van der Waals surface area contributed by atoms with E-state index in [1.54, 1.807) is 38.5 Å². The van der Waals surface area contributed by atoms with E-state index in [9.17, 15) is 4.79 Å². The van der Waals surface area contributed by atoms with Gasteiger partial charge >= 0.3 is 0 Å². The summed E-state index contributed by atoms with van der Waals surface area (Å²) in [6, 6.07) is 14.5. The van der Waals surface area contributed by atoms with Crippen LogP contribution < -0.4 is 19.6 Å². The molecule has 8 heteroatoms. The maximum atomic E-state index is 12.3. The van der Waals surface area contributed by atoms with Crippen LogP contribution in [0.1, 0.15) is 23.0 Å². The summed E-state index contributed by atoms with van der Waals surface area (Å²) in [4.78, 5) is 12.3. The quantitative estimate of drug-likeness (QED) is 0.451. The van der Waals surface area contributed by atoms with Crippen molar-refractivity contribution >= 4 is 12.1 Å². The maximum absolute atomic E-state index is 12.3. The Morgan fingerprint density at radius 2 is 1.86 bits per heavy atom. The van der Waals surface area contributed by atoms with E-state index in [-0.39, 0.29) is 0 Å².